The summed E-state index contributed by atoms with van der Waals surface area (Å²) in [6, 6.07) is 0. The molecule has 4 nitrogen and oxygen atoms in total. The topological polar surface area (TPSA) is 75.4 Å². The van der Waals surface area contributed by atoms with E-state index in [0.717, 1.165) is 0 Å². The summed E-state index contributed by atoms with van der Waals surface area (Å²) in [6.07, 6.45) is -0.581. The van der Waals surface area contributed by atoms with E-state index in [-0.39, 0.29) is 5.92 Å². The van der Waals surface area contributed by atoms with Gasteiger partial charge in [0.25, 0.3) is 0 Å². The lowest BCUT2D eigenvalue weighted by molar-refractivity contribution is -0.123. The average Bonchev–Trinajstić information content (AvgIpc) is 2.13. The minimum Gasteiger partial charge on any atom is -0.391 e. The summed E-state index contributed by atoms with van der Waals surface area (Å²) >= 11 is 0. The molecule has 9 heavy (non-hydrogen) atoms. The molecule has 0 aliphatic carbocycles. The molecule has 4 heteroatoms. The van der Waals surface area contributed by atoms with Crippen LogP contribution in [0.4, 0.5) is 0 Å². The predicted octanol–water partition coefficient (Wildman–Crippen LogP) is -1.95. The molecule has 2 unspecified atom stereocenters. The van der Waals surface area contributed by atoms with Gasteiger partial charge >= 0.3 is 0 Å². The lowest BCUT2D eigenvalue weighted by atomic mass is 10.1. The molecule has 0 aromatic heterocycles. The number of aliphatic hydroxyl groups is 1. The van der Waals surface area contributed by atoms with Crippen LogP contribution in [0, 0.1) is 5.92 Å². The summed E-state index contributed by atoms with van der Waals surface area (Å²) < 4.78 is 0. The van der Waals surface area contributed by atoms with Gasteiger partial charge in [-0.25, -0.2) is 0 Å². The number of nitrogens with two attached hydrogens (primary N) is 1. The van der Waals surface area contributed by atoms with Crippen molar-refractivity contribution in [1.29, 1.82) is 0 Å². The van der Waals surface area contributed by atoms with Gasteiger partial charge in [0.15, 0.2) is 0 Å². The Kier molecular flexibility index (Phi) is 1.68. The molecule has 4 N–H and O–H groups in total. The number of primary amides is 1. The summed E-state index contributed by atoms with van der Waals surface area (Å²) in [5.74, 6) is -0.808. The number of hydrogen-bond donors (Lipinski definition) is 3. The third-order valence-electron chi connectivity index (χ3n) is 1.55. The van der Waals surface area contributed by atoms with E-state index < -0.39 is 12.0 Å². The zero-order valence-corrected chi connectivity index (χ0v) is 5.00. The number of aliphatic hydroxyl groups excluding tert-OH is 1. The Morgan fingerprint density at radius 3 is 2.56 bits per heavy atom. The smallest absolute Gasteiger partial charge is 0.224 e. The summed E-state index contributed by atoms with van der Waals surface area (Å²) in [4.78, 5) is 10.4. The normalized spacial score (nSPS) is 34.8. The Balaban J connectivity index is 2.49. The minimum absolute atomic E-state index is 0.384. The van der Waals surface area contributed by atoms with Crippen molar-refractivity contribution in [3.63, 3.8) is 0 Å². The van der Waals surface area contributed by atoms with Gasteiger partial charge < -0.3 is 16.2 Å². The van der Waals surface area contributed by atoms with Crippen molar-refractivity contribution in [1.82, 2.24) is 5.32 Å². The van der Waals surface area contributed by atoms with Crippen molar-refractivity contribution < 1.29 is 9.90 Å². The van der Waals surface area contributed by atoms with Crippen LogP contribution in [-0.2, 0) is 4.79 Å². The molecule has 52 valence electrons. The molecule has 0 saturated carbocycles. The first kappa shape index (κ1) is 6.51. The Morgan fingerprint density at radius 1 is 1.67 bits per heavy atom. The largest absolute Gasteiger partial charge is 0.391 e. The predicted molar refractivity (Wildman–Crippen MR) is 31.6 cm³/mol. The maximum atomic E-state index is 10.4. The van der Waals surface area contributed by atoms with E-state index in [4.69, 9.17) is 10.8 Å². The maximum Gasteiger partial charge on any atom is 0.224 e. The standard InChI is InChI=1S/C5H10N2O2/c6-5(9)3-1-7-2-4(3)8/h3-4,7-8H,1-2H2,(H2,6,9). The van der Waals surface area contributed by atoms with Gasteiger partial charge in [-0.15, -0.1) is 0 Å². The van der Waals surface area contributed by atoms with Gasteiger partial charge in [0, 0.05) is 13.1 Å². The molecule has 1 rings (SSSR count). The number of β-amino-alcohol motifs (C(OH)–C–C–N with tert-alkyl or cyclic N) is 1. The average molecular weight is 130 g/mol. The zero-order chi connectivity index (χ0) is 6.85. The number of hydrogen-bond acceptors (Lipinski definition) is 3. The van der Waals surface area contributed by atoms with Gasteiger partial charge in [-0.1, -0.05) is 0 Å². The van der Waals surface area contributed by atoms with Gasteiger partial charge in [-0.2, -0.15) is 0 Å². The second kappa shape index (κ2) is 2.33. The van der Waals surface area contributed by atoms with Crippen LogP contribution in [0.2, 0.25) is 0 Å². The van der Waals surface area contributed by atoms with Crippen LogP contribution in [0.1, 0.15) is 0 Å². The van der Waals surface area contributed by atoms with E-state index >= 15 is 0 Å². The van der Waals surface area contributed by atoms with Crippen molar-refractivity contribution in [3.05, 3.63) is 0 Å². The fourth-order valence-corrected chi connectivity index (χ4v) is 0.955. The molecule has 0 aromatic carbocycles. The summed E-state index contributed by atoms with van der Waals surface area (Å²) in [7, 11) is 0. The van der Waals surface area contributed by atoms with E-state index in [9.17, 15) is 4.79 Å². The molecule has 2 atom stereocenters. The molecular weight excluding hydrogens is 120 g/mol. The quantitative estimate of drug-likeness (QED) is 0.386. The van der Waals surface area contributed by atoms with Crippen molar-refractivity contribution in [2.45, 2.75) is 6.10 Å². The number of rotatable bonds is 1. The Labute approximate surface area is 53.0 Å². The van der Waals surface area contributed by atoms with Crippen molar-refractivity contribution >= 4 is 5.91 Å². The monoisotopic (exact) mass is 130 g/mol. The van der Waals surface area contributed by atoms with Crippen LogP contribution >= 0.6 is 0 Å². The highest BCUT2D eigenvalue weighted by molar-refractivity contribution is 5.77. The molecular formula is C5H10N2O2. The van der Waals surface area contributed by atoms with Gasteiger partial charge in [0.1, 0.15) is 0 Å². The van der Waals surface area contributed by atoms with E-state index in [1.807, 2.05) is 0 Å². The highest BCUT2D eigenvalue weighted by Gasteiger charge is 2.29. The first-order chi connectivity index (χ1) is 4.22. The lowest BCUT2D eigenvalue weighted by Crippen LogP contribution is -2.32. The molecule has 1 aliphatic heterocycles. The van der Waals surface area contributed by atoms with Gasteiger partial charge in [0.05, 0.1) is 12.0 Å². The number of carbonyl (C=O) groups excluding carboxylic acids is 1. The van der Waals surface area contributed by atoms with Crippen molar-refractivity contribution in [2.75, 3.05) is 13.1 Å². The van der Waals surface area contributed by atoms with Crippen LogP contribution in [0.5, 0.6) is 0 Å². The second-order valence-corrected chi connectivity index (χ2v) is 2.23. The van der Waals surface area contributed by atoms with Crippen LogP contribution in [0.3, 0.4) is 0 Å². The molecule has 1 aliphatic rings. The molecule has 1 fully saturated rings. The fourth-order valence-electron chi connectivity index (χ4n) is 0.955. The van der Waals surface area contributed by atoms with Crippen molar-refractivity contribution in [2.24, 2.45) is 11.7 Å². The third kappa shape index (κ3) is 1.20. The van der Waals surface area contributed by atoms with Crippen LogP contribution in [0.15, 0.2) is 0 Å². The first-order valence-corrected chi connectivity index (χ1v) is 2.90. The second-order valence-electron chi connectivity index (χ2n) is 2.23. The lowest BCUT2D eigenvalue weighted by Gasteiger charge is -2.06. The Bertz CT molecular complexity index is 126. The number of nitrogens with one attached hydrogen (secondary N) is 1. The summed E-state index contributed by atoms with van der Waals surface area (Å²) in [5.41, 5.74) is 4.95. The maximum absolute atomic E-state index is 10.4. The van der Waals surface area contributed by atoms with Crippen LogP contribution < -0.4 is 11.1 Å². The molecule has 1 heterocycles. The molecule has 0 bridgehead atoms. The Hall–Kier alpha value is -0.610. The summed E-state index contributed by atoms with van der Waals surface area (Å²) in [6.45, 7) is 0.990. The minimum atomic E-state index is -0.581. The zero-order valence-electron chi connectivity index (χ0n) is 5.00. The number of carbonyl (C=O) groups is 1. The Morgan fingerprint density at radius 2 is 2.33 bits per heavy atom. The van der Waals surface area contributed by atoms with Crippen LogP contribution in [-0.4, -0.2) is 30.2 Å². The van der Waals surface area contributed by atoms with Crippen LogP contribution in [0.25, 0.3) is 0 Å². The van der Waals surface area contributed by atoms with Crippen molar-refractivity contribution in [3.8, 4) is 0 Å². The van der Waals surface area contributed by atoms with Gasteiger partial charge in [-0.3, -0.25) is 4.79 Å². The number of amides is 1. The molecule has 0 aromatic rings. The highest BCUT2D eigenvalue weighted by Crippen LogP contribution is 2.06. The van der Waals surface area contributed by atoms with E-state index in [2.05, 4.69) is 5.32 Å². The van der Waals surface area contributed by atoms with E-state index in [1.54, 1.807) is 0 Å². The highest BCUT2D eigenvalue weighted by atomic mass is 16.3. The first-order valence-electron chi connectivity index (χ1n) is 2.90. The SMILES string of the molecule is NC(=O)C1CNCC1O. The van der Waals surface area contributed by atoms with E-state index in [1.165, 1.54) is 0 Å². The molecule has 0 radical (unpaired) electrons. The molecule has 1 amide bonds. The molecule has 0 spiro atoms. The summed E-state index contributed by atoms with van der Waals surface area (Å²) in [5, 5.41) is 11.8. The van der Waals surface area contributed by atoms with E-state index in [0.29, 0.717) is 13.1 Å². The fraction of sp³-hybridized carbons (Fsp3) is 0.800. The van der Waals surface area contributed by atoms with Gasteiger partial charge in [0.2, 0.25) is 5.91 Å². The third-order valence-corrected chi connectivity index (χ3v) is 1.55. The van der Waals surface area contributed by atoms with Gasteiger partial charge in [-0.05, 0) is 0 Å². The molecule has 1 saturated heterocycles.